The zero-order valence-corrected chi connectivity index (χ0v) is 15.4. The number of rotatable bonds is 5. The number of hydrazine groups is 1. The van der Waals surface area contributed by atoms with Crippen molar-refractivity contribution >= 4 is 28.6 Å². The van der Waals surface area contributed by atoms with Crippen molar-refractivity contribution in [3.8, 4) is 0 Å². The lowest BCUT2D eigenvalue weighted by molar-refractivity contribution is -0.0299. The first kappa shape index (κ1) is 18.6. The van der Waals surface area contributed by atoms with Gasteiger partial charge in [-0.2, -0.15) is 9.97 Å². The number of hydrogen-bond acceptors (Lipinski definition) is 9. The zero-order chi connectivity index (χ0) is 19.0. The van der Waals surface area contributed by atoms with Gasteiger partial charge in [-0.15, -0.1) is 0 Å². The monoisotopic (exact) mass is 383 g/mol. The van der Waals surface area contributed by atoms with Gasteiger partial charge in [0.05, 0.1) is 12.4 Å². The molecule has 5 N–H and O–H groups in total. The third-order valence-electron chi connectivity index (χ3n) is 4.17. The molecule has 26 heavy (non-hydrogen) atoms. The van der Waals surface area contributed by atoms with E-state index in [-0.39, 0.29) is 5.28 Å². The lowest BCUT2D eigenvalue weighted by atomic mass is 10.1. The molecule has 1 fully saturated rings. The second-order valence-corrected chi connectivity index (χ2v) is 6.43. The van der Waals surface area contributed by atoms with Gasteiger partial charge >= 0.3 is 0 Å². The maximum Gasteiger partial charge on any atom is 0.226 e. The molecule has 2 aromatic heterocycles. The Hall–Kier alpha value is -2.14. The number of nitrogens with one attached hydrogen (secondary N) is 1. The lowest BCUT2D eigenvalue weighted by Gasteiger charge is -2.21. The fraction of sp³-hybridized carbons (Fsp3) is 0.533. The summed E-state index contributed by atoms with van der Waals surface area (Å²) in [5, 5.41) is 21.8. The number of imidazole rings is 1. The third kappa shape index (κ3) is 3.28. The molecular formula is C15H22ClN7O3. The van der Waals surface area contributed by atoms with Gasteiger partial charge in [0.25, 0.3) is 0 Å². The van der Waals surface area contributed by atoms with Crippen molar-refractivity contribution in [3.63, 3.8) is 0 Å². The molecule has 0 aromatic carbocycles. The molecule has 3 heterocycles. The molecule has 0 amide bonds. The summed E-state index contributed by atoms with van der Waals surface area (Å²) in [7, 11) is 1.72. The highest BCUT2D eigenvalue weighted by Gasteiger charge is 2.42. The number of ether oxygens (including phenoxy) is 1. The molecular weight excluding hydrogens is 362 g/mol. The summed E-state index contributed by atoms with van der Waals surface area (Å²) in [6.07, 6.45) is 0.603. The Morgan fingerprint density at radius 2 is 2.19 bits per heavy atom. The van der Waals surface area contributed by atoms with E-state index < -0.39 is 24.5 Å². The number of fused-ring (bicyclic) bond motifs is 1. The van der Waals surface area contributed by atoms with E-state index >= 15 is 0 Å². The molecule has 1 saturated heterocycles. The summed E-state index contributed by atoms with van der Waals surface area (Å²) in [5.41, 5.74) is 9.67. The molecule has 3 rings (SSSR count). The van der Waals surface area contributed by atoms with Gasteiger partial charge in [0.15, 0.2) is 23.2 Å². The van der Waals surface area contributed by atoms with Gasteiger partial charge in [0.2, 0.25) is 5.28 Å². The normalized spacial score (nSPS) is 26.5. The quantitative estimate of drug-likeness (QED) is 0.423. The SMILES string of the molecule is CC/C=C(\N)NN(C)c1nc(Cl)nc2c1ncn2[C@@H]1O[C@H](C)[C@@H](O)[C@H]1O. The van der Waals surface area contributed by atoms with Crippen LogP contribution in [-0.4, -0.2) is 55.1 Å². The highest BCUT2D eigenvalue weighted by Crippen LogP contribution is 2.33. The second kappa shape index (κ2) is 7.23. The Morgan fingerprint density at radius 3 is 2.81 bits per heavy atom. The van der Waals surface area contributed by atoms with Crippen molar-refractivity contribution in [2.75, 3.05) is 12.1 Å². The Balaban J connectivity index is 2.01. The van der Waals surface area contributed by atoms with Crippen LogP contribution in [0.3, 0.4) is 0 Å². The first-order chi connectivity index (χ1) is 12.3. The van der Waals surface area contributed by atoms with Crippen molar-refractivity contribution in [1.29, 1.82) is 0 Å². The maximum absolute atomic E-state index is 10.2. The van der Waals surface area contributed by atoms with Crippen LogP contribution in [0.1, 0.15) is 26.5 Å². The van der Waals surface area contributed by atoms with Crippen molar-refractivity contribution in [3.05, 3.63) is 23.5 Å². The molecule has 0 spiro atoms. The van der Waals surface area contributed by atoms with Gasteiger partial charge < -0.3 is 20.7 Å². The van der Waals surface area contributed by atoms with Gasteiger partial charge in [-0.25, -0.2) is 4.98 Å². The molecule has 1 aliphatic rings. The average molecular weight is 384 g/mol. The Kier molecular flexibility index (Phi) is 5.19. The predicted molar refractivity (Wildman–Crippen MR) is 96.0 cm³/mol. The minimum atomic E-state index is -1.11. The number of aliphatic hydroxyl groups is 2. The standard InChI is InChI=1S/C15H22ClN7O3/c1-4-5-8(17)21-22(3)12-9-13(20-15(16)19-12)23(6-18-9)14-11(25)10(24)7(2)26-14/h5-7,10-11,14,21,24-25H,4,17H2,1-3H3/b8-5+/t7-,10-,11-,14-/m1/s1. The number of allylic oxidation sites excluding steroid dienone is 1. The third-order valence-corrected chi connectivity index (χ3v) is 4.33. The Morgan fingerprint density at radius 1 is 1.46 bits per heavy atom. The van der Waals surface area contributed by atoms with E-state index in [2.05, 4.69) is 20.4 Å². The highest BCUT2D eigenvalue weighted by atomic mass is 35.5. The van der Waals surface area contributed by atoms with Crippen LogP contribution in [0.4, 0.5) is 5.82 Å². The van der Waals surface area contributed by atoms with Crippen molar-refractivity contribution in [1.82, 2.24) is 24.9 Å². The molecule has 1 aliphatic heterocycles. The van der Waals surface area contributed by atoms with Crippen LogP contribution in [-0.2, 0) is 4.74 Å². The summed E-state index contributed by atoms with van der Waals surface area (Å²) in [4.78, 5) is 12.7. The van der Waals surface area contributed by atoms with E-state index in [9.17, 15) is 10.2 Å². The molecule has 0 bridgehead atoms. The molecule has 142 valence electrons. The first-order valence-corrected chi connectivity index (χ1v) is 8.59. The molecule has 0 saturated carbocycles. The fourth-order valence-electron chi connectivity index (χ4n) is 2.87. The Labute approximate surface area is 155 Å². The first-order valence-electron chi connectivity index (χ1n) is 8.21. The topological polar surface area (TPSA) is 135 Å². The van der Waals surface area contributed by atoms with Gasteiger partial charge in [-0.3, -0.25) is 15.0 Å². The zero-order valence-electron chi connectivity index (χ0n) is 14.7. The van der Waals surface area contributed by atoms with Crippen LogP contribution < -0.4 is 16.2 Å². The van der Waals surface area contributed by atoms with E-state index in [1.165, 1.54) is 10.9 Å². The van der Waals surface area contributed by atoms with Gasteiger partial charge in [-0.1, -0.05) is 6.92 Å². The number of aliphatic hydroxyl groups excluding tert-OH is 2. The summed E-state index contributed by atoms with van der Waals surface area (Å²) in [6.45, 7) is 3.65. The van der Waals surface area contributed by atoms with Crippen LogP contribution in [0, 0.1) is 0 Å². The summed E-state index contributed by atoms with van der Waals surface area (Å²) in [5.74, 6) is 0.871. The molecule has 0 unspecified atom stereocenters. The second-order valence-electron chi connectivity index (χ2n) is 6.09. The summed E-state index contributed by atoms with van der Waals surface area (Å²) >= 11 is 6.08. The number of nitrogens with zero attached hydrogens (tertiary/aromatic N) is 5. The van der Waals surface area contributed by atoms with Crippen molar-refractivity contribution < 1.29 is 14.9 Å². The van der Waals surface area contributed by atoms with Gasteiger partial charge in [0.1, 0.15) is 18.0 Å². The van der Waals surface area contributed by atoms with Crippen molar-refractivity contribution in [2.45, 2.75) is 44.8 Å². The molecule has 10 nitrogen and oxygen atoms in total. The molecule has 4 atom stereocenters. The van der Waals surface area contributed by atoms with Crippen LogP contribution in [0.5, 0.6) is 0 Å². The Bertz CT molecular complexity index is 827. The predicted octanol–water partition coefficient (Wildman–Crippen LogP) is 0.270. The van der Waals surface area contributed by atoms with Crippen molar-refractivity contribution in [2.24, 2.45) is 5.73 Å². The van der Waals surface area contributed by atoms with Gasteiger partial charge in [0, 0.05) is 7.05 Å². The van der Waals surface area contributed by atoms with Gasteiger partial charge in [-0.05, 0) is 31.0 Å². The molecule has 11 heteroatoms. The van der Waals surface area contributed by atoms with E-state index in [1.54, 1.807) is 19.0 Å². The number of aromatic nitrogens is 4. The molecule has 2 aromatic rings. The fourth-order valence-corrected chi connectivity index (χ4v) is 3.03. The van der Waals surface area contributed by atoms with E-state index in [0.717, 1.165) is 6.42 Å². The van der Waals surface area contributed by atoms with Crippen LogP contribution in [0.25, 0.3) is 11.2 Å². The minimum absolute atomic E-state index is 0.00188. The maximum atomic E-state index is 10.2. The smallest absolute Gasteiger partial charge is 0.226 e. The lowest BCUT2D eigenvalue weighted by Crippen LogP contribution is -2.37. The number of anilines is 1. The molecule has 0 radical (unpaired) electrons. The minimum Gasteiger partial charge on any atom is -0.388 e. The van der Waals surface area contributed by atoms with E-state index in [0.29, 0.717) is 22.8 Å². The number of halogens is 1. The summed E-state index contributed by atoms with van der Waals surface area (Å²) in [6, 6.07) is 0. The largest absolute Gasteiger partial charge is 0.388 e. The van der Waals surface area contributed by atoms with Crippen LogP contribution >= 0.6 is 11.6 Å². The summed E-state index contributed by atoms with van der Waals surface area (Å²) < 4.78 is 7.17. The molecule has 0 aliphatic carbocycles. The number of hydrogen-bond donors (Lipinski definition) is 4. The number of nitrogens with two attached hydrogens (primary N) is 1. The van der Waals surface area contributed by atoms with Crippen LogP contribution in [0.2, 0.25) is 5.28 Å². The van der Waals surface area contributed by atoms with E-state index in [1.807, 2.05) is 13.0 Å². The van der Waals surface area contributed by atoms with Crippen LogP contribution in [0.15, 0.2) is 18.2 Å². The average Bonchev–Trinajstić information content (AvgIpc) is 3.10. The highest BCUT2D eigenvalue weighted by molar-refractivity contribution is 6.28. The van der Waals surface area contributed by atoms with E-state index in [4.69, 9.17) is 22.1 Å².